The standard InChI is InChI=1S/C25H20N6O5/c32-21(14-26-24(33)17-11-12-19-20(13-17)36-15-35-19)28-29-25(34)22-27-23(16-7-3-1-4-8-16)31(30-22)18-9-5-2-6-10-18/h1-13H,14-15H2,(H,26,33)(H,28,32)(H,29,34). The van der Waals surface area contributed by atoms with E-state index in [1.807, 2.05) is 60.7 Å². The first kappa shape index (κ1) is 22.6. The van der Waals surface area contributed by atoms with Crippen LogP contribution in [0.3, 0.4) is 0 Å². The van der Waals surface area contributed by atoms with Gasteiger partial charge in [-0.2, -0.15) is 0 Å². The Balaban J connectivity index is 1.21. The van der Waals surface area contributed by atoms with Gasteiger partial charge in [0, 0.05) is 11.1 Å². The first-order valence-electron chi connectivity index (χ1n) is 10.9. The van der Waals surface area contributed by atoms with Crippen LogP contribution in [0.4, 0.5) is 0 Å². The number of rotatable bonds is 6. The lowest BCUT2D eigenvalue weighted by Gasteiger charge is -2.07. The zero-order chi connectivity index (χ0) is 24.9. The summed E-state index contributed by atoms with van der Waals surface area (Å²) in [5.41, 5.74) is 6.32. The highest BCUT2D eigenvalue weighted by molar-refractivity contribution is 5.97. The number of hydrazine groups is 1. The number of nitrogens with zero attached hydrogens (tertiary/aromatic N) is 3. The van der Waals surface area contributed by atoms with Crippen LogP contribution in [0.5, 0.6) is 11.5 Å². The number of fused-ring (bicyclic) bond motifs is 1. The van der Waals surface area contributed by atoms with E-state index in [9.17, 15) is 14.4 Å². The molecule has 0 saturated carbocycles. The summed E-state index contributed by atoms with van der Waals surface area (Å²) in [4.78, 5) is 41.5. The molecule has 2 heterocycles. The Bertz CT molecular complexity index is 1360. The number of amides is 3. The maximum atomic E-state index is 12.7. The maximum absolute atomic E-state index is 12.7. The molecule has 3 aromatic carbocycles. The third kappa shape index (κ3) is 4.85. The Hall–Kier alpha value is -5.19. The van der Waals surface area contributed by atoms with Crippen LogP contribution in [0.25, 0.3) is 17.1 Å². The Morgan fingerprint density at radius 3 is 2.33 bits per heavy atom. The normalized spacial score (nSPS) is 11.6. The number of hydrogen-bond acceptors (Lipinski definition) is 7. The first-order chi connectivity index (χ1) is 17.6. The average Bonchev–Trinajstić information content (AvgIpc) is 3.58. The molecule has 11 heteroatoms. The molecule has 0 saturated heterocycles. The molecule has 0 atom stereocenters. The first-order valence-corrected chi connectivity index (χ1v) is 10.9. The number of nitrogens with one attached hydrogen (secondary N) is 3. The van der Waals surface area contributed by atoms with E-state index < -0.39 is 17.7 Å². The molecular formula is C25H20N6O5. The number of carbonyl (C=O) groups is 3. The number of para-hydroxylation sites is 1. The van der Waals surface area contributed by atoms with Gasteiger partial charge in [0.25, 0.3) is 11.8 Å². The lowest BCUT2D eigenvalue weighted by atomic mass is 10.2. The van der Waals surface area contributed by atoms with Crippen molar-refractivity contribution < 1.29 is 23.9 Å². The zero-order valence-corrected chi connectivity index (χ0v) is 18.8. The summed E-state index contributed by atoms with van der Waals surface area (Å²) >= 11 is 0. The molecule has 0 aliphatic carbocycles. The molecule has 0 fully saturated rings. The average molecular weight is 484 g/mol. The second-order valence-electron chi connectivity index (χ2n) is 7.63. The van der Waals surface area contributed by atoms with Crippen LogP contribution in [0.1, 0.15) is 21.0 Å². The van der Waals surface area contributed by atoms with E-state index in [0.29, 0.717) is 22.9 Å². The molecule has 180 valence electrons. The Labute approximate surface area is 205 Å². The molecular weight excluding hydrogens is 464 g/mol. The highest BCUT2D eigenvalue weighted by Gasteiger charge is 2.20. The smallest absolute Gasteiger partial charge is 0.309 e. The summed E-state index contributed by atoms with van der Waals surface area (Å²) in [6, 6.07) is 23.3. The van der Waals surface area contributed by atoms with Crippen molar-refractivity contribution in [2.24, 2.45) is 0 Å². The van der Waals surface area contributed by atoms with Crippen molar-refractivity contribution >= 4 is 17.7 Å². The second-order valence-corrected chi connectivity index (χ2v) is 7.63. The predicted molar refractivity (Wildman–Crippen MR) is 127 cm³/mol. The zero-order valence-electron chi connectivity index (χ0n) is 18.8. The van der Waals surface area contributed by atoms with Crippen molar-refractivity contribution in [1.82, 2.24) is 30.9 Å². The van der Waals surface area contributed by atoms with E-state index in [1.165, 1.54) is 6.07 Å². The fraction of sp³-hybridized carbons (Fsp3) is 0.0800. The van der Waals surface area contributed by atoms with Gasteiger partial charge in [-0.05, 0) is 30.3 Å². The highest BCUT2D eigenvalue weighted by Crippen LogP contribution is 2.32. The van der Waals surface area contributed by atoms with Gasteiger partial charge < -0.3 is 14.8 Å². The lowest BCUT2D eigenvalue weighted by Crippen LogP contribution is -2.46. The Morgan fingerprint density at radius 2 is 1.56 bits per heavy atom. The third-order valence-electron chi connectivity index (χ3n) is 5.20. The predicted octanol–water partition coefficient (Wildman–Crippen LogP) is 1.85. The summed E-state index contributed by atoms with van der Waals surface area (Å²) in [6.45, 7) is -0.275. The quantitative estimate of drug-likeness (QED) is 0.355. The Morgan fingerprint density at radius 1 is 0.833 bits per heavy atom. The van der Waals surface area contributed by atoms with Crippen molar-refractivity contribution in [3.05, 3.63) is 90.3 Å². The van der Waals surface area contributed by atoms with Crippen molar-refractivity contribution in [2.45, 2.75) is 0 Å². The van der Waals surface area contributed by atoms with E-state index in [1.54, 1.807) is 16.8 Å². The van der Waals surface area contributed by atoms with Gasteiger partial charge in [-0.25, -0.2) is 9.67 Å². The molecule has 0 radical (unpaired) electrons. The van der Waals surface area contributed by atoms with Gasteiger partial charge in [-0.15, -0.1) is 5.10 Å². The minimum atomic E-state index is -0.711. The van der Waals surface area contributed by atoms with E-state index in [-0.39, 0.29) is 19.2 Å². The number of carbonyl (C=O) groups excluding carboxylic acids is 3. The molecule has 11 nitrogen and oxygen atoms in total. The van der Waals surface area contributed by atoms with Crippen molar-refractivity contribution in [1.29, 1.82) is 0 Å². The molecule has 4 aromatic rings. The minimum Gasteiger partial charge on any atom is -0.454 e. The van der Waals surface area contributed by atoms with Crippen LogP contribution in [0.15, 0.2) is 78.9 Å². The summed E-state index contributed by atoms with van der Waals surface area (Å²) in [5, 5.41) is 6.80. The molecule has 3 N–H and O–H groups in total. The fourth-order valence-corrected chi connectivity index (χ4v) is 3.46. The van der Waals surface area contributed by atoms with E-state index >= 15 is 0 Å². The van der Waals surface area contributed by atoms with Crippen LogP contribution in [0, 0.1) is 0 Å². The molecule has 36 heavy (non-hydrogen) atoms. The number of ether oxygens (including phenoxy) is 2. The molecule has 1 aromatic heterocycles. The topological polar surface area (TPSA) is 136 Å². The summed E-state index contributed by atoms with van der Waals surface area (Å²) in [5.74, 6) is -0.495. The molecule has 0 bridgehead atoms. The van der Waals surface area contributed by atoms with Crippen LogP contribution in [-0.4, -0.2) is 45.8 Å². The number of aromatic nitrogens is 3. The third-order valence-corrected chi connectivity index (χ3v) is 5.20. The summed E-state index contributed by atoms with van der Waals surface area (Å²) < 4.78 is 12.0. The molecule has 3 amide bonds. The van der Waals surface area contributed by atoms with E-state index in [0.717, 1.165) is 11.3 Å². The SMILES string of the molecule is O=C(CNC(=O)c1ccc2c(c1)OCO2)NNC(=O)c1nc(-c2ccccc2)n(-c2ccccc2)n1. The highest BCUT2D eigenvalue weighted by atomic mass is 16.7. The van der Waals surface area contributed by atoms with Crippen molar-refractivity contribution in [3.8, 4) is 28.6 Å². The molecule has 5 rings (SSSR count). The largest absolute Gasteiger partial charge is 0.454 e. The molecule has 1 aliphatic rings. The van der Waals surface area contributed by atoms with Gasteiger partial charge in [0.1, 0.15) is 0 Å². The van der Waals surface area contributed by atoms with Gasteiger partial charge in [0.2, 0.25) is 12.6 Å². The number of hydrogen-bond donors (Lipinski definition) is 3. The van der Waals surface area contributed by atoms with Crippen LogP contribution < -0.4 is 25.6 Å². The minimum absolute atomic E-state index is 0.0911. The van der Waals surface area contributed by atoms with Crippen molar-refractivity contribution in [2.75, 3.05) is 13.3 Å². The van der Waals surface area contributed by atoms with E-state index in [2.05, 4.69) is 26.3 Å². The molecule has 0 spiro atoms. The number of benzene rings is 3. The summed E-state index contributed by atoms with van der Waals surface area (Å²) in [7, 11) is 0. The monoisotopic (exact) mass is 484 g/mol. The van der Waals surface area contributed by atoms with Crippen LogP contribution >= 0.6 is 0 Å². The Kier molecular flexibility index (Phi) is 6.26. The van der Waals surface area contributed by atoms with Gasteiger partial charge in [0.15, 0.2) is 17.3 Å². The van der Waals surface area contributed by atoms with Gasteiger partial charge in [0.05, 0.1) is 12.2 Å². The fourth-order valence-electron chi connectivity index (χ4n) is 3.46. The second kappa shape index (κ2) is 9.97. The van der Waals surface area contributed by atoms with E-state index in [4.69, 9.17) is 9.47 Å². The van der Waals surface area contributed by atoms with Gasteiger partial charge >= 0.3 is 5.91 Å². The maximum Gasteiger partial charge on any atom is 0.309 e. The van der Waals surface area contributed by atoms with Crippen LogP contribution in [-0.2, 0) is 4.79 Å². The van der Waals surface area contributed by atoms with Crippen molar-refractivity contribution in [3.63, 3.8) is 0 Å². The molecule has 1 aliphatic heterocycles. The lowest BCUT2D eigenvalue weighted by molar-refractivity contribution is -0.120. The van der Waals surface area contributed by atoms with Crippen LogP contribution in [0.2, 0.25) is 0 Å². The summed E-state index contributed by atoms with van der Waals surface area (Å²) in [6.07, 6.45) is 0. The molecule has 0 unspecified atom stereocenters. The van der Waals surface area contributed by atoms with Gasteiger partial charge in [-0.1, -0.05) is 48.5 Å². The van der Waals surface area contributed by atoms with Gasteiger partial charge in [-0.3, -0.25) is 25.2 Å².